The number of hydrogen-bond acceptors (Lipinski definition) is 6. The number of carbonyl (C=O) groups is 2. The fraction of sp³-hybridized carbons (Fsp3) is 0.308. The van der Waals surface area contributed by atoms with Gasteiger partial charge in [0.05, 0.1) is 16.7 Å². The monoisotopic (exact) mass is 498 g/mol. The van der Waals surface area contributed by atoms with Crippen LogP contribution in [0.3, 0.4) is 0 Å². The Morgan fingerprint density at radius 3 is 2.23 bits per heavy atom. The van der Waals surface area contributed by atoms with Crippen LogP contribution >= 0.6 is 0 Å². The van der Waals surface area contributed by atoms with Gasteiger partial charge in [-0.25, -0.2) is 8.42 Å². The molecule has 0 unspecified atom stereocenters. The third-order valence-corrected chi connectivity index (χ3v) is 7.36. The molecule has 9 heteroatoms. The normalized spacial score (nSPS) is 11.6. The average Bonchev–Trinajstić information content (AvgIpc) is 3.31. The first-order valence-electron chi connectivity index (χ1n) is 11.4. The number of carbonyl (C=O) groups excluding carboxylic acids is 2. The first-order valence-corrected chi connectivity index (χ1v) is 12.8. The van der Waals surface area contributed by atoms with Gasteiger partial charge in [-0.3, -0.25) is 9.59 Å². The lowest BCUT2D eigenvalue weighted by Crippen LogP contribution is -2.30. The second-order valence-electron chi connectivity index (χ2n) is 8.17. The van der Waals surface area contributed by atoms with E-state index in [1.165, 1.54) is 35.5 Å². The van der Waals surface area contributed by atoms with Crippen molar-refractivity contribution in [3.8, 4) is 17.1 Å². The van der Waals surface area contributed by atoms with Crippen molar-refractivity contribution in [1.29, 1.82) is 0 Å². The molecule has 1 heterocycles. The Bertz CT molecular complexity index is 1310. The first kappa shape index (κ1) is 26.2. The standard InChI is InChI=1S/C26H30N2O6S/c1-6-28(7-2)35(31,32)21-12-13-24(33-17(3)4)22(16-21)27-26(30)25-15-14-23(34-25)20-10-8-19(9-11-20)18(5)29/h8-17H,6-7H2,1-5H3,(H,27,30). The van der Waals surface area contributed by atoms with Crippen molar-refractivity contribution in [3.63, 3.8) is 0 Å². The maximum absolute atomic E-state index is 13.0. The maximum atomic E-state index is 13.0. The van der Waals surface area contributed by atoms with Crippen LogP contribution < -0.4 is 10.1 Å². The molecule has 2 aromatic carbocycles. The van der Waals surface area contributed by atoms with Crippen LogP contribution in [0.1, 0.15) is 55.5 Å². The molecule has 186 valence electrons. The molecule has 1 amide bonds. The van der Waals surface area contributed by atoms with E-state index < -0.39 is 15.9 Å². The van der Waals surface area contributed by atoms with E-state index in [4.69, 9.17) is 9.15 Å². The van der Waals surface area contributed by atoms with Gasteiger partial charge in [-0.2, -0.15) is 4.31 Å². The predicted octanol–water partition coefficient (Wildman–Crippen LogP) is 5.22. The minimum Gasteiger partial charge on any atom is -0.489 e. The molecular weight excluding hydrogens is 468 g/mol. The maximum Gasteiger partial charge on any atom is 0.291 e. The topological polar surface area (TPSA) is 106 Å². The summed E-state index contributed by atoms with van der Waals surface area (Å²) in [4.78, 5) is 24.5. The number of sulfonamides is 1. The third kappa shape index (κ3) is 5.98. The zero-order chi connectivity index (χ0) is 25.8. The Hall–Kier alpha value is -3.43. The van der Waals surface area contributed by atoms with Gasteiger partial charge < -0.3 is 14.5 Å². The molecule has 0 bridgehead atoms. The zero-order valence-corrected chi connectivity index (χ0v) is 21.3. The Balaban J connectivity index is 1.90. The Kier molecular flexibility index (Phi) is 8.14. The van der Waals surface area contributed by atoms with Crippen LogP contribution in [-0.2, 0) is 10.0 Å². The van der Waals surface area contributed by atoms with Crippen molar-refractivity contribution in [1.82, 2.24) is 4.31 Å². The van der Waals surface area contributed by atoms with E-state index in [1.54, 1.807) is 44.2 Å². The summed E-state index contributed by atoms with van der Waals surface area (Å²) in [6.45, 7) is 9.35. The number of amides is 1. The van der Waals surface area contributed by atoms with E-state index >= 15 is 0 Å². The molecule has 0 saturated heterocycles. The lowest BCUT2D eigenvalue weighted by Gasteiger charge is -2.20. The second kappa shape index (κ2) is 10.9. The molecule has 0 aliphatic carbocycles. The van der Waals surface area contributed by atoms with Gasteiger partial charge in [0.2, 0.25) is 10.0 Å². The zero-order valence-electron chi connectivity index (χ0n) is 20.5. The molecule has 0 saturated carbocycles. The van der Waals surface area contributed by atoms with Crippen LogP contribution in [-0.4, -0.2) is 43.6 Å². The summed E-state index contributed by atoms with van der Waals surface area (Å²) in [5, 5.41) is 2.72. The van der Waals surface area contributed by atoms with Crippen LogP contribution in [0.15, 0.2) is 63.9 Å². The van der Waals surface area contributed by atoms with Crippen molar-refractivity contribution in [2.24, 2.45) is 0 Å². The van der Waals surface area contributed by atoms with Crippen LogP contribution in [0.5, 0.6) is 5.75 Å². The van der Waals surface area contributed by atoms with E-state index in [1.807, 2.05) is 13.8 Å². The molecule has 0 aliphatic heterocycles. The molecule has 1 aromatic heterocycles. The van der Waals surface area contributed by atoms with E-state index in [-0.39, 0.29) is 28.2 Å². The molecule has 0 fully saturated rings. The summed E-state index contributed by atoms with van der Waals surface area (Å²) >= 11 is 0. The first-order chi connectivity index (χ1) is 16.6. The molecule has 1 N–H and O–H groups in total. The van der Waals surface area contributed by atoms with Gasteiger partial charge in [0.25, 0.3) is 5.91 Å². The Morgan fingerprint density at radius 2 is 1.66 bits per heavy atom. The SMILES string of the molecule is CCN(CC)S(=O)(=O)c1ccc(OC(C)C)c(NC(=O)c2ccc(-c3ccc(C(C)=O)cc3)o2)c1. The summed E-state index contributed by atoms with van der Waals surface area (Å²) in [6, 6.07) is 14.5. The summed E-state index contributed by atoms with van der Waals surface area (Å²) in [5.74, 6) is 0.256. The quantitative estimate of drug-likeness (QED) is 0.384. The predicted molar refractivity (Wildman–Crippen MR) is 134 cm³/mol. The van der Waals surface area contributed by atoms with Crippen molar-refractivity contribution >= 4 is 27.4 Å². The van der Waals surface area contributed by atoms with E-state index in [2.05, 4.69) is 5.32 Å². The number of Topliss-reactive ketones (excluding diaryl/α,β-unsaturated/α-hetero) is 1. The van der Waals surface area contributed by atoms with Crippen molar-refractivity contribution in [2.75, 3.05) is 18.4 Å². The lowest BCUT2D eigenvalue weighted by atomic mass is 10.1. The molecule has 3 aromatic rings. The number of nitrogens with zero attached hydrogens (tertiary/aromatic N) is 1. The van der Waals surface area contributed by atoms with E-state index in [0.29, 0.717) is 35.7 Å². The van der Waals surface area contributed by atoms with Gasteiger partial charge in [-0.05, 0) is 51.1 Å². The highest BCUT2D eigenvalue weighted by Gasteiger charge is 2.24. The fourth-order valence-electron chi connectivity index (χ4n) is 3.50. The number of nitrogens with one attached hydrogen (secondary N) is 1. The van der Waals surface area contributed by atoms with Gasteiger partial charge in [0.15, 0.2) is 11.5 Å². The van der Waals surface area contributed by atoms with Gasteiger partial charge in [-0.15, -0.1) is 0 Å². The minimum absolute atomic E-state index is 0.0410. The molecule has 35 heavy (non-hydrogen) atoms. The Labute approximate surface area is 205 Å². The molecule has 0 atom stereocenters. The summed E-state index contributed by atoms with van der Waals surface area (Å²) in [7, 11) is -3.73. The fourth-order valence-corrected chi connectivity index (χ4v) is 4.99. The summed E-state index contributed by atoms with van der Waals surface area (Å²) < 4.78 is 38.8. The number of ketones is 1. The van der Waals surface area contributed by atoms with E-state index in [9.17, 15) is 18.0 Å². The smallest absolute Gasteiger partial charge is 0.291 e. The van der Waals surface area contributed by atoms with Gasteiger partial charge in [0, 0.05) is 24.2 Å². The number of benzene rings is 2. The summed E-state index contributed by atoms with van der Waals surface area (Å²) in [5.41, 5.74) is 1.52. The van der Waals surface area contributed by atoms with Crippen molar-refractivity contribution in [3.05, 3.63) is 65.9 Å². The molecule has 0 spiro atoms. The number of rotatable bonds is 10. The van der Waals surface area contributed by atoms with Crippen LogP contribution in [0.2, 0.25) is 0 Å². The number of furan rings is 1. The molecular formula is C26H30N2O6S. The molecule has 8 nitrogen and oxygen atoms in total. The van der Waals surface area contributed by atoms with E-state index in [0.717, 1.165) is 0 Å². The largest absolute Gasteiger partial charge is 0.489 e. The highest BCUT2D eigenvalue weighted by atomic mass is 32.2. The molecule has 0 radical (unpaired) electrons. The van der Waals surface area contributed by atoms with Crippen LogP contribution in [0.25, 0.3) is 11.3 Å². The lowest BCUT2D eigenvalue weighted by molar-refractivity contribution is 0.0993. The number of ether oxygens (including phenoxy) is 1. The second-order valence-corrected chi connectivity index (χ2v) is 10.1. The average molecular weight is 499 g/mol. The molecule has 0 aliphatic rings. The van der Waals surface area contributed by atoms with Crippen LogP contribution in [0, 0.1) is 0 Å². The van der Waals surface area contributed by atoms with Crippen LogP contribution in [0.4, 0.5) is 5.69 Å². The number of anilines is 1. The van der Waals surface area contributed by atoms with Gasteiger partial charge in [0.1, 0.15) is 11.5 Å². The van der Waals surface area contributed by atoms with Crippen molar-refractivity contribution in [2.45, 2.75) is 45.6 Å². The third-order valence-electron chi connectivity index (χ3n) is 5.31. The highest BCUT2D eigenvalue weighted by molar-refractivity contribution is 7.89. The summed E-state index contributed by atoms with van der Waals surface area (Å²) in [6.07, 6.45) is -0.191. The van der Waals surface area contributed by atoms with Gasteiger partial charge >= 0.3 is 0 Å². The van der Waals surface area contributed by atoms with Crippen molar-refractivity contribution < 1.29 is 27.2 Å². The highest BCUT2D eigenvalue weighted by Crippen LogP contribution is 2.31. The van der Waals surface area contributed by atoms with Gasteiger partial charge in [-0.1, -0.05) is 38.1 Å². The number of hydrogen-bond donors (Lipinski definition) is 1. The minimum atomic E-state index is -3.73. The molecule has 3 rings (SSSR count). The Morgan fingerprint density at radius 1 is 1.00 bits per heavy atom.